The summed E-state index contributed by atoms with van der Waals surface area (Å²) in [4.78, 5) is 0. The Hall–Kier alpha value is -1.56. The van der Waals surface area contributed by atoms with Crippen LogP contribution in [0.3, 0.4) is 0 Å². The number of nitrogen functional groups attached to an aromatic ring is 1. The lowest BCUT2D eigenvalue weighted by atomic mass is 10.0. The second-order valence-electron chi connectivity index (χ2n) is 3.35. The molecule has 0 aliphatic heterocycles. The zero-order valence-corrected chi connectivity index (χ0v) is 7.05. The third kappa shape index (κ3) is 1.35. The van der Waals surface area contributed by atoms with Crippen molar-refractivity contribution in [3.63, 3.8) is 0 Å². The molecule has 1 aromatic rings. The van der Waals surface area contributed by atoms with E-state index in [1.54, 1.807) is 6.07 Å². The smallest absolute Gasteiger partial charge is 0.147 e. The molecule has 0 aromatic heterocycles. The molecule has 0 spiro atoms. The van der Waals surface area contributed by atoms with Gasteiger partial charge in [-0.2, -0.15) is 5.26 Å². The highest BCUT2D eigenvalue weighted by Gasteiger charge is 2.27. The summed E-state index contributed by atoms with van der Waals surface area (Å²) in [6.07, 6.45) is 2.11. The summed E-state index contributed by atoms with van der Waals surface area (Å²) >= 11 is 0. The van der Waals surface area contributed by atoms with E-state index in [4.69, 9.17) is 11.0 Å². The van der Waals surface area contributed by atoms with Crippen molar-refractivity contribution in [1.29, 1.82) is 5.26 Å². The van der Waals surface area contributed by atoms with Crippen molar-refractivity contribution < 1.29 is 4.39 Å². The second-order valence-corrected chi connectivity index (χ2v) is 3.35. The first-order chi connectivity index (χ1) is 6.22. The van der Waals surface area contributed by atoms with Gasteiger partial charge in [-0.3, -0.25) is 0 Å². The zero-order valence-electron chi connectivity index (χ0n) is 7.05. The van der Waals surface area contributed by atoms with E-state index in [1.807, 2.05) is 6.07 Å². The Morgan fingerprint density at radius 2 is 2.15 bits per heavy atom. The molecule has 1 aromatic carbocycles. The van der Waals surface area contributed by atoms with Crippen LogP contribution in [-0.4, -0.2) is 0 Å². The van der Waals surface area contributed by atoms with Gasteiger partial charge in [0.15, 0.2) is 0 Å². The van der Waals surface area contributed by atoms with E-state index >= 15 is 0 Å². The Bertz CT molecular complexity index is 389. The van der Waals surface area contributed by atoms with Crippen molar-refractivity contribution in [2.75, 3.05) is 5.73 Å². The monoisotopic (exact) mass is 176 g/mol. The lowest BCUT2D eigenvalue weighted by molar-refractivity contribution is 0.630. The van der Waals surface area contributed by atoms with Crippen molar-refractivity contribution in [3.8, 4) is 6.07 Å². The van der Waals surface area contributed by atoms with Crippen LogP contribution in [0.1, 0.15) is 29.9 Å². The highest BCUT2D eigenvalue weighted by Crippen LogP contribution is 2.43. The van der Waals surface area contributed by atoms with Gasteiger partial charge >= 0.3 is 0 Å². The number of benzene rings is 1. The number of halogens is 1. The van der Waals surface area contributed by atoms with Gasteiger partial charge in [-0.05, 0) is 36.5 Å². The molecule has 0 saturated heterocycles. The second kappa shape index (κ2) is 2.74. The first kappa shape index (κ1) is 8.06. The van der Waals surface area contributed by atoms with Gasteiger partial charge in [0.05, 0.1) is 17.3 Å². The van der Waals surface area contributed by atoms with Crippen molar-refractivity contribution in [2.45, 2.75) is 18.8 Å². The molecule has 2 N–H and O–H groups in total. The Labute approximate surface area is 75.8 Å². The standard InChI is InChI=1S/C10H9FN2/c11-9-4-6(5-12)3-8(10(9)13)7-1-2-7/h3-4,7H,1-2,13H2. The molecule has 1 aliphatic rings. The number of rotatable bonds is 1. The Balaban J connectivity index is 2.54. The first-order valence-electron chi connectivity index (χ1n) is 4.21. The molecule has 13 heavy (non-hydrogen) atoms. The molecule has 66 valence electrons. The van der Waals surface area contributed by atoms with E-state index in [9.17, 15) is 4.39 Å². The molecule has 2 nitrogen and oxygen atoms in total. The Morgan fingerprint density at radius 1 is 1.46 bits per heavy atom. The largest absolute Gasteiger partial charge is 0.396 e. The Morgan fingerprint density at radius 3 is 2.69 bits per heavy atom. The van der Waals surface area contributed by atoms with Crippen LogP contribution in [-0.2, 0) is 0 Å². The van der Waals surface area contributed by atoms with Gasteiger partial charge in [0, 0.05) is 0 Å². The van der Waals surface area contributed by atoms with Crippen LogP contribution in [0.4, 0.5) is 10.1 Å². The summed E-state index contributed by atoms with van der Waals surface area (Å²) in [5, 5.41) is 8.62. The third-order valence-corrected chi connectivity index (χ3v) is 2.31. The SMILES string of the molecule is N#Cc1cc(F)c(N)c(C2CC2)c1. The molecule has 0 heterocycles. The van der Waals surface area contributed by atoms with Gasteiger partial charge in [0.2, 0.25) is 0 Å². The van der Waals surface area contributed by atoms with Crippen molar-refractivity contribution in [2.24, 2.45) is 0 Å². The zero-order chi connectivity index (χ0) is 9.42. The summed E-state index contributed by atoms with van der Waals surface area (Å²) < 4.78 is 13.1. The Kier molecular flexibility index (Phi) is 1.70. The normalized spacial score (nSPS) is 15.4. The number of anilines is 1. The van der Waals surface area contributed by atoms with Crippen LogP contribution >= 0.6 is 0 Å². The van der Waals surface area contributed by atoms with Crippen molar-refractivity contribution in [1.82, 2.24) is 0 Å². The highest BCUT2D eigenvalue weighted by atomic mass is 19.1. The van der Waals surface area contributed by atoms with Crippen LogP contribution < -0.4 is 5.73 Å². The average molecular weight is 176 g/mol. The van der Waals surface area contributed by atoms with Gasteiger partial charge in [-0.15, -0.1) is 0 Å². The van der Waals surface area contributed by atoms with Crippen LogP contribution in [0.5, 0.6) is 0 Å². The summed E-state index contributed by atoms with van der Waals surface area (Å²) in [6, 6.07) is 4.79. The van der Waals surface area contributed by atoms with Crippen molar-refractivity contribution >= 4 is 5.69 Å². The first-order valence-corrected chi connectivity index (χ1v) is 4.21. The van der Waals surface area contributed by atoms with Crippen LogP contribution in [0.15, 0.2) is 12.1 Å². The predicted octanol–water partition coefficient (Wildman–Crippen LogP) is 2.16. The molecule has 1 fully saturated rings. The van der Waals surface area contributed by atoms with E-state index < -0.39 is 5.82 Å². The van der Waals surface area contributed by atoms with Gasteiger partial charge in [0.1, 0.15) is 5.82 Å². The maximum Gasteiger partial charge on any atom is 0.147 e. The maximum atomic E-state index is 13.1. The fourth-order valence-electron chi connectivity index (χ4n) is 1.44. The molecule has 0 radical (unpaired) electrons. The van der Waals surface area contributed by atoms with Gasteiger partial charge < -0.3 is 5.73 Å². The summed E-state index contributed by atoms with van der Waals surface area (Å²) in [5.41, 5.74) is 6.93. The van der Waals surface area contributed by atoms with E-state index in [2.05, 4.69) is 0 Å². The van der Waals surface area contributed by atoms with Gasteiger partial charge in [-0.25, -0.2) is 4.39 Å². The molecule has 0 unspecified atom stereocenters. The molecule has 0 bridgehead atoms. The van der Waals surface area contributed by atoms with Crippen LogP contribution in [0.2, 0.25) is 0 Å². The molecular formula is C10H9FN2. The minimum absolute atomic E-state index is 0.210. The fraction of sp³-hybridized carbons (Fsp3) is 0.300. The minimum atomic E-state index is -0.471. The average Bonchev–Trinajstić information content (AvgIpc) is 2.92. The molecule has 0 atom stereocenters. The number of nitrogens with zero attached hydrogens (tertiary/aromatic N) is 1. The van der Waals surface area contributed by atoms with Crippen molar-refractivity contribution in [3.05, 3.63) is 29.1 Å². The lowest BCUT2D eigenvalue weighted by Crippen LogP contribution is -1.97. The number of nitriles is 1. The van der Waals surface area contributed by atoms with Gasteiger partial charge in [0.25, 0.3) is 0 Å². The number of nitrogens with two attached hydrogens (primary N) is 1. The van der Waals surface area contributed by atoms with Crippen LogP contribution in [0.25, 0.3) is 0 Å². The fourth-order valence-corrected chi connectivity index (χ4v) is 1.44. The quantitative estimate of drug-likeness (QED) is 0.666. The van der Waals surface area contributed by atoms with E-state index in [1.165, 1.54) is 6.07 Å². The summed E-state index contributed by atoms with van der Waals surface area (Å²) in [6.45, 7) is 0. The topological polar surface area (TPSA) is 49.8 Å². The van der Waals surface area contributed by atoms with E-state index in [-0.39, 0.29) is 5.69 Å². The van der Waals surface area contributed by atoms with E-state index in [0.29, 0.717) is 11.5 Å². The molecule has 1 aliphatic carbocycles. The summed E-state index contributed by atoms with van der Waals surface area (Å²) in [5.74, 6) is -0.0937. The minimum Gasteiger partial charge on any atom is -0.396 e. The van der Waals surface area contributed by atoms with Gasteiger partial charge in [-0.1, -0.05) is 0 Å². The number of hydrogen-bond donors (Lipinski definition) is 1. The predicted molar refractivity (Wildman–Crippen MR) is 47.5 cm³/mol. The lowest BCUT2D eigenvalue weighted by Gasteiger charge is -2.04. The maximum absolute atomic E-state index is 13.1. The van der Waals surface area contributed by atoms with E-state index in [0.717, 1.165) is 18.4 Å². The third-order valence-electron chi connectivity index (χ3n) is 2.31. The highest BCUT2D eigenvalue weighted by molar-refractivity contribution is 5.55. The molecule has 0 amide bonds. The number of hydrogen-bond acceptors (Lipinski definition) is 2. The molecule has 2 rings (SSSR count). The molecular weight excluding hydrogens is 167 g/mol. The summed E-state index contributed by atoms with van der Waals surface area (Å²) in [7, 11) is 0. The molecule has 1 saturated carbocycles. The molecule has 3 heteroatoms. The van der Waals surface area contributed by atoms with Crippen LogP contribution in [0, 0.1) is 17.1 Å².